The monoisotopic (exact) mass is 317 g/mol. The Morgan fingerprint density at radius 2 is 2.05 bits per heavy atom. The van der Waals surface area contributed by atoms with E-state index in [0.29, 0.717) is 6.61 Å². The molecule has 0 saturated carbocycles. The molecule has 1 saturated heterocycles. The Bertz CT molecular complexity index is 371. The molecule has 22 heavy (non-hydrogen) atoms. The lowest BCUT2D eigenvalue weighted by Gasteiger charge is -2.26. The predicted octanol–water partition coefficient (Wildman–Crippen LogP) is 2.36. The average molecular weight is 317 g/mol. The van der Waals surface area contributed by atoms with E-state index in [-0.39, 0.29) is 13.3 Å². The van der Waals surface area contributed by atoms with Gasteiger partial charge in [0.15, 0.2) is 5.79 Å². The van der Waals surface area contributed by atoms with Crippen molar-refractivity contribution in [2.24, 2.45) is 5.11 Å². The molecule has 0 aliphatic carbocycles. The van der Waals surface area contributed by atoms with Gasteiger partial charge in [-0.25, -0.2) is 0 Å². The lowest BCUT2D eigenvalue weighted by Crippen LogP contribution is -2.44. The molecule has 128 valence electrons. The minimum absolute atomic E-state index is 0.0818. The van der Waals surface area contributed by atoms with Gasteiger partial charge in [0.25, 0.3) is 0 Å². The summed E-state index contributed by atoms with van der Waals surface area (Å²) in [6.45, 7) is 8.02. The van der Waals surface area contributed by atoms with Crippen LogP contribution >= 0.6 is 0 Å². The fourth-order valence-corrected chi connectivity index (χ4v) is 2.29. The molecular weight excluding hydrogens is 290 g/mol. The summed E-state index contributed by atoms with van der Waals surface area (Å²) in [5, 5.41) is 13.4. The molecule has 0 aromatic rings. The molecule has 1 rings (SSSR count). The number of nitrogens with zero attached hydrogens (tertiary/aromatic N) is 3. The predicted molar refractivity (Wildman–Crippen MR) is 80.1 cm³/mol. The topological polar surface area (TPSA) is 106 Å². The summed E-state index contributed by atoms with van der Waals surface area (Å²) in [5.41, 5.74) is 8.53. The van der Waals surface area contributed by atoms with Gasteiger partial charge in [0.05, 0.1) is 18.8 Å². The molecule has 1 heterocycles. The first kappa shape index (κ1) is 19.2. The molecule has 1 fully saturated rings. The third-order valence-corrected chi connectivity index (χ3v) is 3.34. The summed E-state index contributed by atoms with van der Waals surface area (Å²) in [6.07, 6.45) is -0.361. The molecular formula is C14H27N3O5. The van der Waals surface area contributed by atoms with Crippen molar-refractivity contribution in [1.29, 1.82) is 0 Å². The zero-order valence-corrected chi connectivity index (χ0v) is 13.8. The van der Waals surface area contributed by atoms with E-state index >= 15 is 0 Å². The van der Waals surface area contributed by atoms with Gasteiger partial charge in [-0.2, -0.15) is 0 Å². The van der Waals surface area contributed by atoms with Crippen molar-refractivity contribution in [2.75, 3.05) is 19.9 Å². The number of hydrogen-bond acceptors (Lipinski definition) is 6. The smallest absolute Gasteiger partial charge is 0.164 e. The van der Waals surface area contributed by atoms with Crippen LogP contribution in [-0.4, -0.2) is 55.3 Å². The highest BCUT2D eigenvalue weighted by Crippen LogP contribution is 2.32. The van der Waals surface area contributed by atoms with Crippen LogP contribution in [0.2, 0.25) is 0 Å². The van der Waals surface area contributed by atoms with Crippen LogP contribution in [0.5, 0.6) is 0 Å². The Morgan fingerprint density at radius 1 is 1.36 bits per heavy atom. The van der Waals surface area contributed by atoms with Crippen LogP contribution in [0.3, 0.4) is 0 Å². The fourth-order valence-electron chi connectivity index (χ4n) is 2.29. The maximum Gasteiger partial charge on any atom is 0.164 e. The Labute approximate surface area is 131 Å². The second-order valence-corrected chi connectivity index (χ2v) is 5.80. The van der Waals surface area contributed by atoms with Crippen molar-refractivity contribution in [2.45, 2.75) is 70.7 Å². The molecule has 8 nitrogen and oxygen atoms in total. The third-order valence-electron chi connectivity index (χ3n) is 3.34. The van der Waals surface area contributed by atoms with Gasteiger partial charge in [-0.3, -0.25) is 0 Å². The first-order valence-electron chi connectivity index (χ1n) is 7.65. The minimum atomic E-state index is -0.826. The zero-order chi connectivity index (χ0) is 16.6. The fraction of sp³-hybridized carbons (Fsp3) is 1.00. The summed E-state index contributed by atoms with van der Waals surface area (Å²) in [7, 11) is 0. The normalized spacial score (nSPS) is 26.4. The SMILES string of the molecule is CCCCOCOC(CN=[N+]=[N-])C1OC(C)(C)OC1C(C)O. The molecule has 0 aromatic carbocycles. The van der Waals surface area contributed by atoms with Crippen LogP contribution in [0.15, 0.2) is 5.11 Å². The second-order valence-electron chi connectivity index (χ2n) is 5.80. The molecule has 8 heteroatoms. The minimum Gasteiger partial charge on any atom is -0.391 e. The van der Waals surface area contributed by atoms with Gasteiger partial charge < -0.3 is 24.1 Å². The van der Waals surface area contributed by atoms with Gasteiger partial charge in [0, 0.05) is 11.5 Å². The summed E-state index contributed by atoms with van der Waals surface area (Å²) in [6, 6.07) is 0. The molecule has 4 unspecified atom stereocenters. The van der Waals surface area contributed by atoms with Crippen molar-refractivity contribution in [1.82, 2.24) is 0 Å². The lowest BCUT2D eigenvalue weighted by atomic mass is 10.0. The van der Waals surface area contributed by atoms with E-state index in [1.165, 1.54) is 0 Å². The number of ether oxygens (including phenoxy) is 4. The maximum atomic E-state index is 9.88. The summed E-state index contributed by atoms with van der Waals surface area (Å²) >= 11 is 0. The molecule has 0 bridgehead atoms. The van der Waals surface area contributed by atoms with E-state index in [4.69, 9.17) is 24.5 Å². The highest BCUT2D eigenvalue weighted by Gasteiger charge is 2.47. The van der Waals surface area contributed by atoms with Crippen LogP contribution in [0.25, 0.3) is 10.4 Å². The van der Waals surface area contributed by atoms with Crippen molar-refractivity contribution in [3.63, 3.8) is 0 Å². The van der Waals surface area contributed by atoms with E-state index in [1.807, 2.05) is 0 Å². The Morgan fingerprint density at radius 3 is 2.64 bits per heavy atom. The molecule has 0 amide bonds. The van der Waals surface area contributed by atoms with E-state index in [1.54, 1.807) is 20.8 Å². The van der Waals surface area contributed by atoms with Crippen molar-refractivity contribution < 1.29 is 24.1 Å². The largest absolute Gasteiger partial charge is 0.391 e. The van der Waals surface area contributed by atoms with Gasteiger partial charge in [-0.1, -0.05) is 18.5 Å². The van der Waals surface area contributed by atoms with Crippen molar-refractivity contribution in [3.8, 4) is 0 Å². The van der Waals surface area contributed by atoms with Crippen LogP contribution in [0.1, 0.15) is 40.5 Å². The number of rotatable bonds is 10. The molecule has 1 aliphatic rings. The van der Waals surface area contributed by atoms with Crippen molar-refractivity contribution in [3.05, 3.63) is 10.4 Å². The first-order chi connectivity index (χ1) is 10.4. The van der Waals surface area contributed by atoms with E-state index in [9.17, 15) is 5.11 Å². The van der Waals surface area contributed by atoms with Crippen LogP contribution in [0, 0.1) is 0 Å². The summed E-state index contributed by atoms with van der Waals surface area (Å²) < 4.78 is 22.5. The summed E-state index contributed by atoms with van der Waals surface area (Å²) in [5.74, 6) is -0.826. The molecule has 1 N–H and O–H groups in total. The van der Waals surface area contributed by atoms with Crippen LogP contribution in [-0.2, 0) is 18.9 Å². The van der Waals surface area contributed by atoms with Gasteiger partial charge >= 0.3 is 0 Å². The highest BCUT2D eigenvalue weighted by atomic mass is 16.8. The van der Waals surface area contributed by atoms with Gasteiger partial charge in [-0.05, 0) is 32.7 Å². The Kier molecular flexibility index (Phi) is 8.09. The van der Waals surface area contributed by atoms with Crippen LogP contribution in [0.4, 0.5) is 0 Å². The van der Waals surface area contributed by atoms with Gasteiger partial charge in [0.2, 0.25) is 0 Å². The molecule has 0 aromatic heterocycles. The number of azide groups is 1. The molecule has 0 spiro atoms. The standard InChI is InChI=1S/C14H27N3O5/c1-5-6-7-19-9-20-11(8-16-17-15)13-12(10(2)18)21-14(3,4)22-13/h10-13,18H,5-9H2,1-4H3. The van der Waals surface area contributed by atoms with E-state index < -0.39 is 30.2 Å². The number of unbranched alkanes of at least 4 members (excludes halogenated alkanes) is 1. The highest BCUT2D eigenvalue weighted by molar-refractivity contribution is 4.91. The number of aliphatic hydroxyl groups is 1. The maximum absolute atomic E-state index is 9.88. The zero-order valence-electron chi connectivity index (χ0n) is 13.8. The van der Waals surface area contributed by atoms with E-state index in [2.05, 4.69) is 16.9 Å². The summed E-state index contributed by atoms with van der Waals surface area (Å²) in [4.78, 5) is 2.76. The number of hydrogen-bond donors (Lipinski definition) is 1. The molecule has 1 aliphatic heterocycles. The quantitative estimate of drug-likeness (QED) is 0.219. The van der Waals surface area contributed by atoms with Gasteiger partial charge in [0.1, 0.15) is 19.0 Å². The first-order valence-corrected chi connectivity index (χ1v) is 7.65. The third kappa shape index (κ3) is 6.08. The molecule has 0 radical (unpaired) electrons. The number of aliphatic hydroxyl groups excluding tert-OH is 1. The van der Waals surface area contributed by atoms with Gasteiger partial charge in [-0.15, -0.1) is 0 Å². The second kappa shape index (κ2) is 9.29. The van der Waals surface area contributed by atoms with E-state index in [0.717, 1.165) is 12.8 Å². The lowest BCUT2D eigenvalue weighted by molar-refractivity contribution is -0.172. The average Bonchev–Trinajstić information content (AvgIpc) is 2.78. The Balaban J connectivity index is 2.65. The molecule has 4 atom stereocenters. The van der Waals surface area contributed by atoms with Crippen LogP contribution < -0.4 is 0 Å². The Hall–Kier alpha value is -0.890. The van der Waals surface area contributed by atoms with Crippen molar-refractivity contribution >= 4 is 0 Å².